The average Bonchev–Trinajstić information content (AvgIpc) is 2.50. The second-order valence-corrected chi connectivity index (χ2v) is 5.08. The van der Waals surface area contributed by atoms with Crippen LogP contribution in [0.5, 0.6) is 0 Å². The van der Waals surface area contributed by atoms with E-state index in [1.165, 1.54) is 11.2 Å². The molecular formula is C16H19BN2. The van der Waals surface area contributed by atoms with Gasteiger partial charge in [-0.25, -0.2) is 0 Å². The Balaban J connectivity index is 1.55. The summed E-state index contributed by atoms with van der Waals surface area (Å²) in [6, 6.07) is 21.5. The molecule has 2 nitrogen and oxygen atoms in total. The smallest absolute Gasteiger partial charge is 0.238 e. The third kappa shape index (κ3) is 3.18. The molecule has 0 aromatic heterocycles. The highest BCUT2D eigenvalue weighted by Crippen LogP contribution is 2.14. The minimum Gasteiger partial charge on any atom is -0.369 e. The van der Waals surface area contributed by atoms with Crippen LogP contribution in [-0.2, 0) is 0 Å². The van der Waals surface area contributed by atoms with Gasteiger partial charge < -0.3 is 9.71 Å². The summed E-state index contributed by atoms with van der Waals surface area (Å²) in [5, 5.41) is 0. The SMILES string of the molecule is B(c1ccccc1)N1CCN(c2ccccc2)CC1. The predicted molar refractivity (Wildman–Crippen MR) is 83.5 cm³/mol. The Kier molecular flexibility index (Phi) is 3.85. The fourth-order valence-corrected chi connectivity index (χ4v) is 2.64. The number of rotatable bonds is 3. The van der Waals surface area contributed by atoms with E-state index in [1.807, 2.05) is 0 Å². The Hall–Kier alpha value is -1.74. The molecule has 0 aliphatic carbocycles. The average molecular weight is 250 g/mol. The summed E-state index contributed by atoms with van der Waals surface area (Å²) >= 11 is 0. The van der Waals surface area contributed by atoms with Gasteiger partial charge in [0.15, 0.2) is 0 Å². The number of hydrogen-bond acceptors (Lipinski definition) is 2. The van der Waals surface area contributed by atoms with Gasteiger partial charge in [0, 0.05) is 31.9 Å². The summed E-state index contributed by atoms with van der Waals surface area (Å²) in [5.74, 6) is 0. The van der Waals surface area contributed by atoms with Crippen LogP contribution in [0.15, 0.2) is 60.7 Å². The molecule has 1 saturated heterocycles. The Morgan fingerprint density at radius 3 is 1.89 bits per heavy atom. The van der Waals surface area contributed by atoms with Gasteiger partial charge in [0.25, 0.3) is 0 Å². The largest absolute Gasteiger partial charge is 0.369 e. The first-order valence-corrected chi connectivity index (χ1v) is 6.98. The van der Waals surface area contributed by atoms with E-state index in [1.54, 1.807) is 0 Å². The molecule has 3 rings (SSSR count). The van der Waals surface area contributed by atoms with Crippen LogP contribution in [0.2, 0.25) is 0 Å². The van der Waals surface area contributed by atoms with Crippen LogP contribution in [0, 0.1) is 0 Å². The highest BCUT2D eigenvalue weighted by molar-refractivity contribution is 6.50. The molecule has 0 unspecified atom stereocenters. The van der Waals surface area contributed by atoms with Crippen molar-refractivity contribution >= 4 is 18.6 Å². The fourth-order valence-electron chi connectivity index (χ4n) is 2.64. The van der Waals surface area contributed by atoms with Crippen LogP contribution >= 0.6 is 0 Å². The molecule has 2 aromatic rings. The number of piperazine rings is 1. The van der Waals surface area contributed by atoms with Crippen LogP contribution in [0.3, 0.4) is 0 Å². The van der Waals surface area contributed by atoms with Gasteiger partial charge in [-0.05, 0) is 12.1 Å². The maximum atomic E-state index is 2.54. The van der Waals surface area contributed by atoms with Gasteiger partial charge in [0.2, 0.25) is 7.41 Å². The molecule has 0 spiro atoms. The zero-order chi connectivity index (χ0) is 12.9. The number of nitrogens with zero attached hydrogens (tertiary/aromatic N) is 2. The van der Waals surface area contributed by atoms with Crippen LogP contribution in [0.1, 0.15) is 0 Å². The summed E-state index contributed by atoms with van der Waals surface area (Å²) in [4.78, 5) is 5.01. The van der Waals surface area contributed by atoms with E-state index < -0.39 is 0 Å². The number of anilines is 1. The number of para-hydroxylation sites is 1. The van der Waals surface area contributed by atoms with Crippen LogP contribution in [0.25, 0.3) is 0 Å². The lowest BCUT2D eigenvalue weighted by Gasteiger charge is -2.36. The predicted octanol–water partition coefficient (Wildman–Crippen LogP) is 1.49. The quantitative estimate of drug-likeness (QED) is 0.761. The lowest BCUT2D eigenvalue weighted by atomic mass is 9.80. The molecule has 1 aliphatic rings. The van der Waals surface area contributed by atoms with Gasteiger partial charge in [-0.2, -0.15) is 0 Å². The highest BCUT2D eigenvalue weighted by atomic mass is 15.2. The molecule has 2 aromatic carbocycles. The summed E-state index contributed by atoms with van der Waals surface area (Å²) < 4.78 is 0. The van der Waals surface area contributed by atoms with Gasteiger partial charge >= 0.3 is 0 Å². The van der Waals surface area contributed by atoms with E-state index in [4.69, 9.17) is 0 Å². The zero-order valence-electron chi connectivity index (χ0n) is 11.2. The Labute approximate surface area is 115 Å². The molecule has 1 aliphatic heterocycles. The topological polar surface area (TPSA) is 6.48 Å². The first-order valence-electron chi connectivity index (χ1n) is 6.98. The van der Waals surface area contributed by atoms with Crippen LogP contribution in [-0.4, -0.2) is 38.4 Å². The highest BCUT2D eigenvalue weighted by Gasteiger charge is 2.17. The molecule has 19 heavy (non-hydrogen) atoms. The third-order valence-corrected chi connectivity index (χ3v) is 3.74. The Morgan fingerprint density at radius 1 is 0.684 bits per heavy atom. The normalized spacial score (nSPS) is 16.3. The minimum absolute atomic E-state index is 1.07. The van der Waals surface area contributed by atoms with Crippen molar-refractivity contribution in [3.63, 3.8) is 0 Å². The first kappa shape index (κ1) is 12.3. The van der Waals surface area contributed by atoms with E-state index in [2.05, 4.69) is 70.4 Å². The molecule has 0 N–H and O–H groups in total. The summed E-state index contributed by atoms with van der Waals surface area (Å²) in [6.45, 7) is 4.53. The molecule has 0 radical (unpaired) electrons. The van der Waals surface area contributed by atoms with Gasteiger partial charge in [-0.15, -0.1) is 0 Å². The van der Waals surface area contributed by atoms with Crippen molar-refractivity contribution in [1.82, 2.24) is 4.81 Å². The van der Waals surface area contributed by atoms with Crippen molar-refractivity contribution in [2.24, 2.45) is 0 Å². The molecule has 0 saturated carbocycles. The number of hydrogen-bond donors (Lipinski definition) is 0. The van der Waals surface area contributed by atoms with Crippen LogP contribution < -0.4 is 10.4 Å². The van der Waals surface area contributed by atoms with E-state index in [-0.39, 0.29) is 0 Å². The van der Waals surface area contributed by atoms with Gasteiger partial charge in [-0.3, -0.25) is 0 Å². The summed E-state index contributed by atoms with van der Waals surface area (Å²) in [7, 11) is 1.07. The second kappa shape index (κ2) is 5.94. The maximum absolute atomic E-state index is 2.54. The maximum Gasteiger partial charge on any atom is 0.238 e. The molecule has 0 bridgehead atoms. The Morgan fingerprint density at radius 2 is 1.26 bits per heavy atom. The van der Waals surface area contributed by atoms with E-state index >= 15 is 0 Å². The van der Waals surface area contributed by atoms with Crippen molar-refractivity contribution in [1.29, 1.82) is 0 Å². The second-order valence-electron chi connectivity index (χ2n) is 5.08. The first-order chi connectivity index (χ1) is 9.42. The minimum atomic E-state index is 1.07. The van der Waals surface area contributed by atoms with Gasteiger partial charge in [0.1, 0.15) is 0 Å². The fraction of sp³-hybridized carbons (Fsp3) is 0.250. The number of benzene rings is 2. The molecule has 0 amide bonds. The molecule has 1 heterocycles. The van der Waals surface area contributed by atoms with Crippen molar-refractivity contribution in [3.05, 3.63) is 60.7 Å². The van der Waals surface area contributed by atoms with Crippen molar-refractivity contribution in [2.75, 3.05) is 31.1 Å². The molecule has 0 atom stereocenters. The standard InChI is InChI=1S/C16H19BN2/c1-3-7-15(8-4-1)17-19-13-11-18(12-14-19)16-9-5-2-6-10-16/h1-10,17H,11-14H2. The zero-order valence-corrected chi connectivity index (χ0v) is 11.2. The van der Waals surface area contributed by atoms with E-state index in [0.717, 1.165) is 33.6 Å². The van der Waals surface area contributed by atoms with Crippen LogP contribution in [0.4, 0.5) is 5.69 Å². The lowest BCUT2D eigenvalue weighted by molar-refractivity contribution is 0.410. The van der Waals surface area contributed by atoms with Gasteiger partial charge in [-0.1, -0.05) is 54.0 Å². The molecular weight excluding hydrogens is 231 g/mol. The lowest BCUT2D eigenvalue weighted by Crippen LogP contribution is -2.50. The van der Waals surface area contributed by atoms with Gasteiger partial charge in [0.05, 0.1) is 0 Å². The Bertz CT molecular complexity index is 493. The third-order valence-electron chi connectivity index (χ3n) is 3.74. The molecule has 1 fully saturated rings. The monoisotopic (exact) mass is 250 g/mol. The van der Waals surface area contributed by atoms with E-state index in [0.29, 0.717) is 0 Å². The van der Waals surface area contributed by atoms with Crippen molar-refractivity contribution in [3.8, 4) is 0 Å². The van der Waals surface area contributed by atoms with Crippen molar-refractivity contribution < 1.29 is 0 Å². The molecule has 3 heteroatoms. The van der Waals surface area contributed by atoms with Crippen molar-refractivity contribution in [2.45, 2.75) is 0 Å². The molecule has 96 valence electrons. The summed E-state index contributed by atoms with van der Waals surface area (Å²) in [6.07, 6.45) is 0. The van der Waals surface area contributed by atoms with E-state index in [9.17, 15) is 0 Å². The summed E-state index contributed by atoms with van der Waals surface area (Å²) in [5.41, 5.74) is 2.76.